The number of benzene rings is 1. The van der Waals surface area contributed by atoms with Crippen molar-refractivity contribution in [2.45, 2.75) is 26.2 Å². The number of nitrogens with one attached hydrogen (secondary N) is 1. The van der Waals surface area contributed by atoms with Crippen LogP contribution >= 0.6 is 0 Å². The number of nitro benzene ring substituents is 1. The molecule has 0 atom stereocenters. The lowest BCUT2D eigenvalue weighted by molar-refractivity contribution is -0.384. The average Bonchev–Trinajstić information content (AvgIpc) is 2.54. The van der Waals surface area contributed by atoms with Crippen molar-refractivity contribution in [2.75, 3.05) is 32.1 Å². The molecule has 1 N–H and O–H groups in total. The van der Waals surface area contributed by atoms with E-state index in [9.17, 15) is 14.9 Å². The quantitative estimate of drug-likeness (QED) is 0.643. The maximum atomic E-state index is 12.1. The standard InChI is InChI=1S/C16H23N3O4/c1-12-5-8-18(9-6-12)10-7-16(20)17-14-11-13(19(21)22)3-4-15(14)23-2/h3-4,11-12H,5-10H2,1-2H3,(H,17,20). The van der Waals surface area contributed by atoms with Crippen LogP contribution in [0.4, 0.5) is 11.4 Å². The Bertz CT molecular complexity index is 568. The summed E-state index contributed by atoms with van der Waals surface area (Å²) >= 11 is 0. The first-order chi connectivity index (χ1) is 11.0. The number of methoxy groups -OCH3 is 1. The lowest BCUT2D eigenvalue weighted by atomic mass is 9.99. The summed E-state index contributed by atoms with van der Waals surface area (Å²) in [4.78, 5) is 24.7. The highest BCUT2D eigenvalue weighted by molar-refractivity contribution is 5.92. The summed E-state index contributed by atoms with van der Waals surface area (Å²) in [6, 6.07) is 4.16. The molecule has 126 valence electrons. The van der Waals surface area contributed by atoms with Gasteiger partial charge in [-0.2, -0.15) is 0 Å². The number of carbonyl (C=O) groups is 1. The lowest BCUT2D eigenvalue weighted by Crippen LogP contribution is -2.35. The first kappa shape index (κ1) is 17.2. The largest absolute Gasteiger partial charge is 0.495 e. The first-order valence-electron chi connectivity index (χ1n) is 7.84. The molecule has 0 saturated carbocycles. The van der Waals surface area contributed by atoms with Gasteiger partial charge in [0.25, 0.3) is 5.69 Å². The Labute approximate surface area is 135 Å². The smallest absolute Gasteiger partial charge is 0.271 e. The number of nitro groups is 1. The molecule has 1 aliphatic rings. The van der Waals surface area contributed by atoms with Crippen LogP contribution < -0.4 is 10.1 Å². The Morgan fingerprint density at radius 2 is 2.13 bits per heavy atom. The Hall–Kier alpha value is -2.15. The van der Waals surface area contributed by atoms with Crippen molar-refractivity contribution in [3.05, 3.63) is 28.3 Å². The van der Waals surface area contributed by atoms with Crippen LogP contribution in [0.15, 0.2) is 18.2 Å². The first-order valence-corrected chi connectivity index (χ1v) is 7.84. The number of anilines is 1. The summed E-state index contributed by atoms with van der Waals surface area (Å²) in [5, 5.41) is 13.6. The lowest BCUT2D eigenvalue weighted by Gasteiger charge is -2.29. The molecule has 0 aromatic heterocycles. The van der Waals surface area contributed by atoms with E-state index in [-0.39, 0.29) is 11.6 Å². The molecule has 23 heavy (non-hydrogen) atoms. The highest BCUT2D eigenvalue weighted by Crippen LogP contribution is 2.29. The topological polar surface area (TPSA) is 84.7 Å². The summed E-state index contributed by atoms with van der Waals surface area (Å²) in [5.41, 5.74) is 0.255. The SMILES string of the molecule is COc1ccc([N+](=O)[O-])cc1NC(=O)CCN1CCC(C)CC1. The molecule has 1 saturated heterocycles. The van der Waals surface area contributed by atoms with Gasteiger partial charge in [0.2, 0.25) is 5.91 Å². The maximum absolute atomic E-state index is 12.1. The van der Waals surface area contributed by atoms with Crippen LogP contribution in [0.25, 0.3) is 0 Å². The molecule has 1 aromatic carbocycles. The van der Waals surface area contributed by atoms with E-state index in [1.54, 1.807) is 0 Å². The van der Waals surface area contributed by atoms with Crippen molar-refractivity contribution in [1.82, 2.24) is 4.90 Å². The van der Waals surface area contributed by atoms with Gasteiger partial charge in [0.1, 0.15) is 5.75 Å². The molecular weight excluding hydrogens is 298 g/mol. The molecule has 0 spiro atoms. The van der Waals surface area contributed by atoms with Crippen LogP contribution in [0, 0.1) is 16.0 Å². The third kappa shape index (κ3) is 4.92. The molecule has 0 unspecified atom stereocenters. The van der Waals surface area contributed by atoms with Crippen LogP contribution in [-0.2, 0) is 4.79 Å². The summed E-state index contributed by atoms with van der Waals surface area (Å²) in [6.45, 7) is 5.00. The van der Waals surface area contributed by atoms with E-state index in [1.165, 1.54) is 38.2 Å². The fourth-order valence-corrected chi connectivity index (χ4v) is 2.67. The summed E-state index contributed by atoms with van der Waals surface area (Å²) in [7, 11) is 1.46. The molecule has 7 heteroatoms. The fourth-order valence-electron chi connectivity index (χ4n) is 2.67. The molecule has 0 radical (unpaired) electrons. The Morgan fingerprint density at radius 1 is 1.43 bits per heavy atom. The summed E-state index contributed by atoms with van der Waals surface area (Å²) < 4.78 is 5.14. The average molecular weight is 321 g/mol. The van der Waals surface area contributed by atoms with Gasteiger partial charge in [-0.05, 0) is 37.9 Å². The number of carbonyl (C=O) groups excluding carboxylic acids is 1. The number of piperidine rings is 1. The minimum atomic E-state index is -0.496. The maximum Gasteiger partial charge on any atom is 0.271 e. The van der Waals surface area contributed by atoms with Gasteiger partial charge in [0.15, 0.2) is 0 Å². The van der Waals surface area contributed by atoms with Crippen molar-refractivity contribution in [2.24, 2.45) is 5.92 Å². The Kier molecular flexibility index (Phi) is 5.92. The van der Waals surface area contributed by atoms with Crippen molar-refractivity contribution >= 4 is 17.3 Å². The van der Waals surface area contributed by atoms with Gasteiger partial charge in [0.05, 0.1) is 17.7 Å². The van der Waals surface area contributed by atoms with Crippen LogP contribution in [-0.4, -0.2) is 42.5 Å². The van der Waals surface area contributed by atoms with Gasteiger partial charge < -0.3 is 15.0 Å². The van der Waals surface area contributed by atoms with Crippen molar-refractivity contribution in [3.63, 3.8) is 0 Å². The molecule has 1 heterocycles. The second-order valence-corrected chi connectivity index (χ2v) is 5.96. The van der Waals surface area contributed by atoms with E-state index in [4.69, 9.17) is 4.74 Å². The fraction of sp³-hybridized carbons (Fsp3) is 0.562. The molecule has 0 aliphatic carbocycles. The molecule has 1 amide bonds. The zero-order chi connectivity index (χ0) is 16.8. The summed E-state index contributed by atoms with van der Waals surface area (Å²) in [5.74, 6) is 1.01. The predicted molar refractivity (Wildman–Crippen MR) is 87.7 cm³/mol. The summed E-state index contributed by atoms with van der Waals surface area (Å²) in [6.07, 6.45) is 2.70. The van der Waals surface area contributed by atoms with E-state index in [2.05, 4.69) is 17.1 Å². The molecule has 1 aromatic rings. The molecule has 0 bridgehead atoms. The van der Waals surface area contributed by atoms with E-state index in [0.717, 1.165) is 19.0 Å². The van der Waals surface area contributed by atoms with Crippen LogP contribution in [0.1, 0.15) is 26.2 Å². The van der Waals surface area contributed by atoms with Gasteiger partial charge >= 0.3 is 0 Å². The zero-order valence-electron chi connectivity index (χ0n) is 13.6. The third-order valence-electron chi connectivity index (χ3n) is 4.20. The minimum Gasteiger partial charge on any atom is -0.495 e. The molecule has 1 aliphatic heterocycles. The number of hydrogen-bond acceptors (Lipinski definition) is 5. The number of hydrogen-bond donors (Lipinski definition) is 1. The van der Waals surface area contributed by atoms with E-state index >= 15 is 0 Å². The predicted octanol–water partition coefficient (Wildman–Crippen LogP) is 2.66. The Morgan fingerprint density at radius 3 is 2.74 bits per heavy atom. The zero-order valence-corrected chi connectivity index (χ0v) is 13.6. The van der Waals surface area contributed by atoms with Crippen LogP contribution in [0.2, 0.25) is 0 Å². The number of amides is 1. The van der Waals surface area contributed by atoms with E-state index in [1.807, 2.05) is 0 Å². The van der Waals surface area contributed by atoms with Crippen molar-refractivity contribution < 1.29 is 14.5 Å². The van der Waals surface area contributed by atoms with E-state index < -0.39 is 4.92 Å². The normalized spacial score (nSPS) is 16.1. The Balaban J connectivity index is 1.91. The highest BCUT2D eigenvalue weighted by Gasteiger charge is 2.17. The van der Waals surface area contributed by atoms with E-state index in [0.29, 0.717) is 24.4 Å². The van der Waals surface area contributed by atoms with Gasteiger partial charge in [-0.3, -0.25) is 14.9 Å². The number of likely N-dealkylation sites (tertiary alicyclic amines) is 1. The van der Waals surface area contributed by atoms with Gasteiger partial charge in [-0.25, -0.2) is 0 Å². The van der Waals surface area contributed by atoms with Crippen LogP contribution in [0.3, 0.4) is 0 Å². The number of nitrogens with zero attached hydrogens (tertiary/aromatic N) is 2. The van der Waals surface area contributed by atoms with Gasteiger partial charge in [0, 0.05) is 25.1 Å². The molecule has 7 nitrogen and oxygen atoms in total. The number of ether oxygens (including phenoxy) is 1. The third-order valence-corrected chi connectivity index (χ3v) is 4.20. The number of rotatable bonds is 6. The monoisotopic (exact) mass is 321 g/mol. The van der Waals surface area contributed by atoms with Crippen LogP contribution in [0.5, 0.6) is 5.75 Å². The van der Waals surface area contributed by atoms with Gasteiger partial charge in [-0.15, -0.1) is 0 Å². The highest BCUT2D eigenvalue weighted by atomic mass is 16.6. The van der Waals surface area contributed by atoms with Crippen molar-refractivity contribution in [1.29, 1.82) is 0 Å². The molecule has 1 fully saturated rings. The number of non-ortho nitro benzene ring substituents is 1. The van der Waals surface area contributed by atoms with Gasteiger partial charge in [-0.1, -0.05) is 6.92 Å². The second-order valence-electron chi connectivity index (χ2n) is 5.96. The molecular formula is C16H23N3O4. The minimum absolute atomic E-state index is 0.0777. The second kappa shape index (κ2) is 7.92. The molecule has 2 rings (SSSR count). The van der Waals surface area contributed by atoms with Crippen molar-refractivity contribution in [3.8, 4) is 5.75 Å².